The van der Waals surface area contributed by atoms with Crippen LogP contribution >= 0.6 is 11.6 Å². The fraction of sp³-hybridized carbons (Fsp3) is 0.423. The van der Waals surface area contributed by atoms with E-state index in [-0.39, 0.29) is 6.03 Å². The van der Waals surface area contributed by atoms with E-state index >= 15 is 0 Å². The minimum Gasteiger partial charge on any atom is -0.325 e. The molecule has 2 aliphatic heterocycles. The number of urea groups is 1. The van der Waals surface area contributed by atoms with Crippen molar-refractivity contribution in [3.8, 4) is 5.69 Å². The predicted octanol–water partition coefficient (Wildman–Crippen LogP) is 3.25. The first-order valence-electron chi connectivity index (χ1n) is 11.8. The van der Waals surface area contributed by atoms with Crippen molar-refractivity contribution >= 4 is 29.8 Å². The van der Waals surface area contributed by atoms with Gasteiger partial charge in [-0.1, -0.05) is 35.9 Å². The van der Waals surface area contributed by atoms with Crippen molar-refractivity contribution in [1.82, 2.24) is 19.7 Å². The van der Waals surface area contributed by atoms with E-state index < -0.39 is 0 Å². The highest BCUT2D eigenvalue weighted by Gasteiger charge is 2.28. The Labute approximate surface area is 194 Å². The second-order valence-electron chi connectivity index (χ2n) is 8.89. The van der Waals surface area contributed by atoms with Crippen LogP contribution in [0.25, 0.3) is 17.8 Å². The van der Waals surface area contributed by atoms with Crippen LogP contribution in [0.4, 0.5) is 4.79 Å². The largest absolute Gasteiger partial charge is 0.325 e. The molecule has 168 valence electrons. The number of nitrogens with one attached hydrogen (secondary N) is 1. The van der Waals surface area contributed by atoms with Crippen LogP contribution in [0, 0.1) is 0 Å². The molecule has 2 saturated heterocycles. The molecule has 1 N–H and O–H groups in total. The second-order valence-corrected chi connectivity index (χ2v) is 9.32. The van der Waals surface area contributed by atoms with Crippen molar-refractivity contribution in [3.05, 3.63) is 63.8 Å². The maximum atomic E-state index is 12.9. The van der Waals surface area contributed by atoms with Crippen LogP contribution < -0.4 is 15.9 Å². The van der Waals surface area contributed by atoms with E-state index in [0.717, 1.165) is 75.7 Å². The van der Waals surface area contributed by atoms with Gasteiger partial charge in [0, 0.05) is 66.7 Å². The molecule has 0 radical (unpaired) electrons. The molecule has 5 rings (SSSR count). The third-order valence-electron chi connectivity index (χ3n) is 6.88. The highest BCUT2D eigenvalue weighted by Crippen LogP contribution is 2.27. The lowest BCUT2D eigenvalue weighted by Gasteiger charge is -2.37. The molecule has 5 nitrogen and oxygen atoms in total. The van der Waals surface area contributed by atoms with Crippen LogP contribution in [0.3, 0.4) is 0 Å². The van der Waals surface area contributed by atoms with Gasteiger partial charge in [-0.15, -0.1) is 0 Å². The molecule has 0 saturated carbocycles. The van der Waals surface area contributed by atoms with E-state index in [9.17, 15) is 4.79 Å². The smallest absolute Gasteiger partial charge is 0.320 e. The molecular weight excluding hydrogens is 420 g/mol. The predicted molar refractivity (Wildman–Crippen MR) is 131 cm³/mol. The molecule has 3 heterocycles. The van der Waals surface area contributed by atoms with Gasteiger partial charge in [0.2, 0.25) is 0 Å². The Hall–Kier alpha value is -2.50. The van der Waals surface area contributed by atoms with Gasteiger partial charge in [-0.25, -0.2) is 4.79 Å². The first-order valence-corrected chi connectivity index (χ1v) is 12.2. The molecule has 2 amide bonds. The molecule has 0 bridgehead atoms. The maximum Gasteiger partial charge on any atom is 0.320 e. The lowest BCUT2D eigenvalue weighted by molar-refractivity contribution is 0.134. The Bertz CT molecular complexity index is 1100. The van der Waals surface area contributed by atoms with E-state index in [1.165, 1.54) is 16.1 Å². The number of benzene rings is 1. The van der Waals surface area contributed by atoms with E-state index in [1.54, 1.807) is 0 Å². The van der Waals surface area contributed by atoms with Crippen molar-refractivity contribution in [2.24, 2.45) is 0 Å². The summed E-state index contributed by atoms with van der Waals surface area (Å²) in [6.45, 7) is 5.07. The Morgan fingerprint density at radius 1 is 0.969 bits per heavy atom. The molecule has 1 aromatic heterocycles. The van der Waals surface area contributed by atoms with E-state index in [1.807, 2.05) is 17.0 Å². The van der Waals surface area contributed by atoms with Crippen LogP contribution in [0.15, 0.2) is 42.6 Å². The molecule has 1 aromatic carbocycles. The number of piperidine rings is 1. The highest BCUT2D eigenvalue weighted by molar-refractivity contribution is 6.30. The van der Waals surface area contributed by atoms with Crippen molar-refractivity contribution in [1.29, 1.82) is 0 Å². The zero-order valence-electron chi connectivity index (χ0n) is 18.5. The van der Waals surface area contributed by atoms with E-state index in [2.05, 4.69) is 57.4 Å². The number of amides is 2. The maximum absolute atomic E-state index is 12.9. The van der Waals surface area contributed by atoms with Crippen LogP contribution in [0.5, 0.6) is 0 Å². The van der Waals surface area contributed by atoms with Gasteiger partial charge in [0.05, 0.1) is 0 Å². The van der Waals surface area contributed by atoms with Crippen LogP contribution in [-0.2, 0) is 0 Å². The normalized spacial score (nSPS) is 22.7. The summed E-state index contributed by atoms with van der Waals surface area (Å²) >= 11 is 6.14. The van der Waals surface area contributed by atoms with Crippen LogP contribution in [0.1, 0.15) is 37.2 Å². The number of allylic oxidation sites excluding steroid dienone is 2. The highest BCUT2D eigenvalue weighted by atomic mass is 35.5. The standard InChI is InChI=1S/C26H31ClN4O/c27-21-7-9-22(10-8-21)31-19-24(23-5-3-1-2-4-6-25(23)31)20-11-15-29(16-12-20)26(32)30-17-13-28-14-18-30/h1,3,5-10,19-20,28H,2,4,11-18H2/b3-1-,23-5-,25-6+. The molecule has 32 heavy (non-hydrogen) atoms. The van der Waals surface area contributed by atoms with Crippen molar-refractivity contribution in [3.63, 3.8) is 0 Å². The van der Waals surface area contributed by atoms with Gasteiger partial charge in [0.15, 0.2) is 0 Å². The zero-order valence-corrected chi connectivity index (χ0v) is 19.2. The molecule has 0 atom stereocenters. The van der Waals surface area contributed by atoms with Crippen molar-refractivity contribution < 1.29 is 4.79 Å². The Morgan fingerprint density at radius 3 is 2.44 bits per heavy atom. The molecule has 3 aliphatic rings. The number of hydrogen-bond acceptors (Lipinski definition) is 2. The second kappa shape index (κ2) is 9.55. The summed E-state index contributed by atoms with van der Waals surface area (Å²) in [5.74, 6) is 0.460. The number of carbonyl (C=O) groups is 1. The summed E-state index contributed by atoms with van der Waals surface area (Å²) < 4.78 is 2.31. The quantitative estimate of drug-likeness (QED) is 0.763. The van der Waals surface area contributed by atoms with Gasteiger partial charge < -0.3 is 19.7 Å². The van der Waals surface area contributed by atoms with E-state index in [4.69, 9.17) is 11.6 Å². The third-order valence-corrected chi connectivity index (χ3v) is 7.13. The fourth-order valence-electron chi connectivity index (χ4n) is 5.10. The first-order chi connectivity index (χ1) is 15.7. The lowest BCUT2D eigenvalue weighted by Crippen LogP contribution is -2.53. The molecule has 2 fully saturated rings. The van der Waals surface area contributed by atoms with Gasteiger partial charge in [-0.3, -0.25) is 0 Å². The molecule has 0 spiro atoms. The molecule has 6 heteroatoms. The van der Waals surface area contributed by atoms with Gasteiger partial charge in [-0.2, -0.15) is 0 Å². The number of carbonyl (C=O) groups excluding carboxylic acids is 1. The van der Waals surface area contributed by atoms with Crippen molar-refractivity contribution in [2.75, 3.05) is 39.3 Å². The molecule has 0 unspecified atom stereocenters. The number of hydrogen-bond donors (Lipinski definition) is 1. The van der Waals surface area contributed by atoms with Crippen LogP contribution in [0.2, 0.25) is 5.02 Å². The number of piperazine rings is 1. The summed E-state index contributed by atoms with van der Waals surface area (Å²) in [5.41, 5.74) is 2.53. The van der Waals surface area contributed by atoms with Gasteiger partial charge in [-0.05, 0) is 61.4 Å². The number of nitrogens with zero attached hydrogens (tertiary/aromatic N) is 3. The lowest BCUT2D eigenvalue weighted by atomic mass is 9.90. The van der Waals surface area contributed by atoms with Gasteiger partial charge >= 0.3 is 6.03 Å². The summed E-state index contributed by atoms with van der Waals surface area (Å²) in [4.78, 5) is 17.0. The monoisotopic (exact) mass is 450 g/mol. The summed E-state index contributed by atoms with van der Waals surface area (Å²) in [6, 6.07) is 8.29. The first kappa shape index (κ1) is 21.4. The fourth-order valence-corrected chi connectivity index (χ4v) is 5.23. The molecule has 2 aromatic rings. The number of halogens is 1. The van der Waals surface area contributed by atoms with Gasteiger partial charge in [0.25, 0.3) is 0 Å². The number of aromatic nitrogens is 1. The number of fused-ring (bicyclic) bond motifs is 1. The Kier molecular flexibility index (Phi) is 6.37. The molecule has 1 aliphatic carbocycles. The van der Waals surface area contributed by atoms with Crippen molar-refractivity contribution in [2.45, 2.75) is 31.6 Å². The van der Waals surface area contributed by atoms with Gasteiger partial charge in [0.1, 0.15) is 0 Å². The minimum atomic E-state index is 0.210. The average Bonchev–Trinajstić information content (AvgIpc) is 3.16. The number of likely N-dealkylation sites (tertiary alicyclic amines) is 1. The summed E-state index contributed by atoms with van der Waals surface area (Å²) in [7, 11) is 0. The Balaban J connectivity index is 1.42. The number of rotatable bonds is 2. The minimum absolute atomic E-state index is 0.210. The summed E-state index contributed by atoms with van der Waals surface area (Å²) in [6.07, 6.45) is 15.5. The summed E-state index contributed by atoms with van der Waals surface area (Å²) in [5, 5.41) is 6.67. The van der Waals surface area contributed by atoms with E-state index in [0.29, 0.717) is 5.92 Å². The van der Waals surface area contributed by atoms with Crippen LogP contribution in [-0.4, -0.2) is 59.7 Å². The average molecular weight is 451 g/mol. The molecular formula is C26H31ClN4O. The topological polar surface area (TPSA) is 40.5 Å². The zero-order chi connectivity index (χ0) is 21.9. The Morgan fingerprint density at radius 2 is 1.69 bits per heavy atom. The SMILES string of the molecule is O=C(N1CCNCC1)N1CCC(c2cn(-c3ccc(Cl)cc3)c3/c2=C\C=C/CC\C=3)CC1. The third kappa shape index (κ3) is 4.37.